The highest BCUT2D eigenvalue weighted by molar-refractivity contribution is 5.75. The standard InChI is InChI=1S/C11H13N3/c1-2-10(12-4-1)9-6-8-3-5-13-11(8)14-7-9/h3,5-7,10,12H,1-2,4H2,(H,13,14). The average molecular weight is 187 g/mol. The summed E-state index contributed by atoms with van der Waals surface area (Å²) in [5.41, 5.74) is 2.29. The Morgan fingerprint density at radius 3 is 3.29 bits per heavy atom. The van der Waals surface area contributed by atoms with Crippen LogP contribution in [0.1, 0.15) is 24.4 Å². The van der Waals surface area contributed by atoms with Gasteiger partial charge in [-0.15, -0.1) is 0 Å². The minimum atomic E-state index is 0.516. The average Bonchev–Trinajstić information content (AvgIpc) is 2.88. The van der Waals surface area contributed by atoms with E-state index in [2.05, 4.69) is 27.4 Å². The number of fused-ring (bicyclic) bond motifs is 1. The molecule has 3 heterocycles. The highest BCUT2D eigenvalue weighted by Gasteiger charge is 2.16. The molecule has 1 aliphatic rings. The maximum Gasteiger partial charge on any atom is 0.137 e. The molecule has 3 nitrogen and oxygen atoms in total. The molecule has 0 spiro atoms. The Hall–Kier alpha value is -1.35. The molecule has 0 radical (unpaired) electrons. The van der Waals surface area contributed by atoms with Crippen molar-refractivity contribution in [2.24, 2.45) is 0 Å². The van der Waals surface area contributed by atoms with E-state index in [1.165, 1.54) is 23.8 Å². The van der Waals surface area contributed by atoms with Crippen molar-refractivity contribution in [3.8, 4) is 0 Å². The number of hydrogen-bond donors (Lipinski definition) is 2. The molecule has 14 heavy (non-hydrogen) atoms. The smallest absolute Gasteiger partial charge is 0.137 e. The summed E-state index contributed by atoms with van der Waals surface area (Å²) >= 11 is 0. The first-order valence-electron chi connectivity index (χ1n) is 5.10. The second-order valence-electron chi connectivity index (χ2n) is 3.83. The second kappa shape index (κ2) is 3.10. The molecule has 3 heteroatoms. The summed E-state index contributed by atoms with van der Waals surface area (Å²) in [6.45, 7) is 1.13. The molecule has 0 aliphatic carbocycles. The van der Waals surface area contributed by atoms with Crippen LogP contribution in [-0.4, -0.2) is 16.5 Å². The molecule has 3 rings (SSSR count). The van der Waals surface area contributed by atoms with Crippen LogP contribution in [0.3, 0.4) is 0 Å². The van der Waals surface area contributed by atoms with Gasteiger partial charge in [-0.1, -0.05) is 0 Å². The highest BCUT2D eigenvalue weighted by Crippen LogP contribution is 2.24. The lowest BCUT2D eigenvalue weighted by atomic mass is 10.1. The van der Waals surface area contributed by atoms with Gasteiger partial charge in [-0.2, -0.15) is 0 Å². The highest BCUT2D eigenvalue weighted by atomic mass is 14.9. The minimum Gasteiger partial charge on any atom is -0.346 e. The summed E-state index contributed by atoms with van der Waals surface area (Å²) in [4.78, 5) is 7.50. The number of aromatic nitrogens is 2. The SMILES string of the molecule is c1cc2cc(C3CCCN3)cnc2[nH]1. The van der Waals surface area contributed by atoms with Crippen molar-refractivity contribution in [3.05, 3.63) is 30.1 Å². The fraction of sp³-hybridized carbons (Fsp3) is 0.364. The van der Waals surface area contributed by atoms with Crippen molar-refractivity contribution in [1.29, 1.82) is 0 Å². The van der Waals surface area contributed by atoms with Crippen LogP contribution in [0.2, 0.25) is 0 Å². The summed E-state index contributed by atoms with van der Waals surface area (Å²) in [6.07, 6.45) is 6.42. The molecule has 1 saturated heterocycles. The van der Waals surface area contributed by atoms with Gasteiger partial charge in [-0.25, -0.2) is 4.98 Å². The summed E-state index contributed by atoms with van der Waals surface area (Å²) in [6, 6.07) is 4.81. The van der Waals surface area contributed by atoms with Crippen LogP contribution in [0.25, 0.3) is 11.0 Å². The fourth-order valence-corrected chi connectivity index (χ4v) is 2.12. The van der Waals surface area contributed by atoms with Crippen molar-refractivity contribution in [2.45, 2.75) is 18.9 Å². The normalized spacial score (nSPS) is 21.9. The van der Waals surface area contributed by atoms with Gasteiger partial charge in [-0.05, 0) is 37.1 Å². The monoisotopic (exact) mass is 187 g/mol. The van der Waals surface area contributed by atoms with E-state index < -0.39 is 0 Å². The quantitative estimate of drug-likeness (QED) is 0.716. The minimum absolute atomic E-state index is 0.516. The van der Waals surface area contributed by atoms with Crippen LogP contribution < -0.4 is 5.32 Å². The Bertz CT molecular complexity index is 440. The van der Waals surface area contributed by atoms with Crippen molar-refractivity contribution in [3.63, 3.8) is 0 Å². The lowest BCUT2D eigenvalue weighted by Crippen LogP contribution is -2.12. The number of aromatic amines is 1. The Morgan fingerprint density at radius 2 is 2.43 bits per heavy atom. The molecule has 0 aromatic carbocycles. The number of H-pyrrole nitrogens is 1. The lowest BCUT2D eigenvalue weighted by Gasteiger charge is -2.09. The van der Waals surface area contributed by atoms with Crippen LogP contribution in [0.5, 0.6) is 0 Å². The molecule has 2 N–H and O–H groups in total. The van der Waals surface area contributed by atoms with Gasteiger partial charge >= 0.3 is 0 Å². The number of nitrogens with one attached hydrogen (secondary N) is 2. The molecule has 1 aliphatic heterocycles. The van der Waals surface area contributed by atoms with Crippen LogP contribution in [0.15, 0.2) is 24.5 Å². The van der Waals surface area contributed by atoms with Crippen LogP contribution in [0, 0.1) is 0 Å². The molecule has 1 fully saturated rings. The number of hydrogen-bond acceptors (Lipinski definition) is 2. The Labute approximate surface area is 82.5 Å². The topological polar surface area (TPSA) is 40.7 Å². The van der Waals surface area contributed by atoms with Crippen LogP contribution in [-0.2, 0) is 0 Å². The Morgan fingerprint density at radius 1 is 1.43 bits per heavy atom. The van der Waals surface area contributed by atoms with Gasteiger partial charge in [0.15, 0.2) is 0 Å². The zero-order valence-corrected chi connectivity index (χ0v) is 7.96. The summed E-state index contributed by atoms with van der Waals surface area (Å²) in [5.74, 6) is 0. The van der Waals surface area contributed by atoms with Crippen molar-refractivity contribution in [1.82, 2.24) is 15.3 Å². The molecule has 1 atom stereocenters. The maximum absolute atomic E-state index is 4.39. The fourth-order valence-electron chi connectivity index (χ4n) is 2.12. The maximum atomic E-state index is 4.39. The van der Waals surface area contributed by atoms with Crippen LogP contribution in [0.4, 0.5) is 0 Å². The van der Waals surface area contributed by atoms with E-state index in [4.69, 9.17) is 0 Å². The van der Waals surface area contributed by atoms with Crippen molar-refractivity contribution < 1.29 is 0 Å². The van der Waals surface area contributed by atoms with E-state index in [9.17, 15) is 0 Å². The molecule has 2 aromatic heterocycles. The van der Waals surface area contributed by atoms with Crippen molar-refractivity contribution in [2.75, 3.05) is 6.54 Å². The van der Waals surface area contributed by atoms with Crippen LogP contribution >= 0.6 is 0 Å². The molecule has 0 bridgehead atoms. The molecule has 0 saturated carbocycles. The van der Waals surface area contributed by atoms with Gasteiger partial charge in [-0.3, -0.25) is 0 Å². The predicted molar refractivity (Wildman–Crippen MR) is 56.1 cm³/mol. The number of nitrogens with zero attached hydrogens (tertiary/aromatic N) is 1. The molecular weight excluding hydrogens is 174 g/mol. The first kappa shape index (κ1) is 8.00. The Kier molecular flexibility index (Phi) is 1.77. The van der Waals surface area contributed by atoms with Gasteiger partial charge in [0.2, 0.25) is 0 Å². The molecule has 0 amide bonds. The van der Waals surface area contributed by atoms with E-state index in [0.29, 0.717) is 6.04 Å². The zero-order chi connectivity index (χ0) is 9.38. The van der Waals surface area contributed by atoms with Crippen molar-refractivity contribution >= 4 is 11.0 Å². The lowest BCUT2D eigenvalue weighted by molar-refractivity contribution is 0.646. The zero-order valence-electron chi connectivity index (χ0n) is 7.96. The first-order chi connectivity index (χ1) is 6.93. The van der Waals surface area contributed by atoms with E-state index in [1.807, 2.05) is 12.4 Å². The van der Waals surface area contributed by atoms with Gasteiger partial charge < -0.3 is 10.3 Å². The number of rotatable bonds is 1. The molecule has 1 unspecified atom stereocenters. The summed E-state index contributed by atoms with van der Waals surface area (Å²) in [5, 5.41) is 4.68. The third kappa shape index (κ3) is 1.21. The van der Waals surface area contributed by atoms with Gasteiger partial charge in [0.25, 0.3) is 0 Å². The first-order valence-corrected chi connectivity index (χ1v) is 5.10. The predicted octanol–water partition coefficient (Wildman–Crippen LogP) is 1.99. The number of pyridine rings is 1. The Balaban J connectivity index is 2.04. The van der Waals surface area contributed by atoms with E-state index in [-0.39, 0.29) is 0 Å². The third-order valence-corrected chi connectivity index (χ3v) is 2.88. The van der Waals surface area contributed by atoms with E-state index >= 15 is 0 Å². The van der Waals surface area contributed by atoms with Gasteiger partial charge in [0, 0.05) is 23.8 Å². The summed E-state index contributed by atoms with van der Waals surface area (Å²) < 4.78 is 0. The third-order valence-electron chi connectivity index (χ3n) is 2.88. The molecular formula is C11H13N3. The van der Waals surface area contributed by atoms with E-state index in [0.717, 1.165) is 12.2 Å². The van der Waals surface area contributed by atoms with Gasteiger partial charge in [0.1, 0.15) is 5.65 Å². The summed E-state index contributed by atoms with van der Waals surface area (Å²) in [7, 11) is 0. The molecule has 72 valence electrons. The largest absolute Gasteiger partial charge is 0.346 e. The van der Waals surface area contributed by atoms with E-state index in [1.54, 1.807) is 0 Å². The van der Waals surface area contributed by atoms with Gasteiger partial charge in [0.05, 0.1) is 0 Å². The second-order valence-corrected chi connectivity index (χ2v) is 3.83. The molecule has 2 aromatic rings.